The Kier molecular flexibility index (Phi) is 6.84. The Morgan fingerprint density at radius 1 is 1.21 bits per heavy atom. The van der Waals surface area contributed by atoms with Crippen LogP contribution < -0.4 is 5.32 Å². The molecule has 0 atom stereocenters. The molecule has 4 heterocycles. The Morgan fingerprint density at radius 2 is 1.92 bits per heavy atom. The summed E-state index contributed by atoms with van der Waals surface area (Å²) in [5.74, 6) is -0.959. The number of hydrogen-bond acceptors (Lipinski definition) is 6. The number of anilines is 1. The molecule has 0 bridgehead atoms. The first-order chi connectivity index (χ1) is 18.4. The van der Waals surface area contributed by atoms with Crippen LogP contribution >= 0.6 is 11.3 Å². The number of carboxylic acids is 1. The van der Waals surface area contributed by atoms with E-state index in [9.17, 15) is 19.5 Å². The van der Waals surface area contributed by atoms with Crippen LogP contribution in [0.5, 0.6) is 0 Å². The van der Waals surface area contributed by atoms with E-state index in [1.165, 1.54) is 0 Å². The average Bonchev–Trinajstić information content (AvgIpc) is 3.54. The second-order valence-electron chi connectivity index (χ2n) is 11.1. The molecule has 3 N–H and O–H groups in total. The predicted molar refractivity (Wildman–Crippen MR) is 151 cm³/mol. The van der Waals surface area contributed by atoms with Gasteiger partial charge in [0.05, 0.1) is 21.8 Å². The number of carbonyl (C=O) groups excluding carboxylic acids is 2. The van der Waals surface area contributed by atoms with Gasteiger partial charge in [-0.25, -0.2) is 14.6 Å². The lowest BCUT2D eigenvalue weighted by Crippen LogP contribution is -2.41. The van der Waals surface area contributed by atoms with Gasteiger partial charge >= 0.3 is 12.1 Å². The molecular weight excluding hydrogens is 516 g/mol. The molecule has 0 radical (unpaired) electrons. The zero-order valence-electron chi connectivity index (χ0n) is 22.7. The molecule has 2 aromatic heterocycles. The number of carbonyl (C=O) groups is 3. The maximum atomic E-state index is 12.8. The number of H-pyrrole nitrogens is 1. The summed E-state index contributed by atoms with van der Waals surface area (Å²) in [6.07, 6.45) is 3.10. The van der Waals surface area contributed by atoms with Crippen molar-refractivity contribution in [2.75, 3.05) is 18.4 Å². The van der Waals surface area contributed by atoms with Gasteiger partial charge in [0.25, 0.3) is 5.91 Å². The number of aromatic amines is 1. The largest absolute Gasteiger partial charge is 0.478 e. The zero-order valence-corrected chi connectivity index (χ0v) is 23.5. The number of hydrogen-bond donors (Lipinski definition) is 3. The van der Waals surface area contributed by atoms with Crippen molar-refractivity contribution < 1.29 is 24.2 Å². The van der Waals surface area contributed by atoms with Crippen molar-refractivity contribution in [3.05, 3.63) is 56.7 Å². The van der Waals surface area contributed by atoms with E-state index in [-0.39, 0.29) is 23.5 Å². The summed E-state index contributed by atoms with van der Waals surface area (Å²) in [7, 11) is 0. The van der Waals surface area contributed by atoms with Crippen LogP contribution in [0.25, 0.3) is 22.9 Å². The number of ether oxygens (including phenoxy) is 1. The molecule has 39 heavy (non-hydrogen) atoms. The second kappa shape index (κ2) is 10.00. The van der Waals surface area contributed by atoms with E-state index in [2.05, 4.69) is 10.3 Å². The summed E-state index contributed by atoms with van der Waals surface area (Å²) >= 11 is 1.61. The molecule has 0 aliphatic carbocycles. The third-order valence-corrected chi connectivity index (χ3v) is 8.10. The van der Waals surface area contributed by atoms with Gasteiger partial charge in [0.15, 0.2) is 0 Å². The fraction of sp³-hybridized carbons (Fsp3) is 0.379. The number of amides is 2. The number of nitrogens with zero attached hydrogens (tertiary/aromatic N) is 2. The molecule has 2 aliphatic heterocycles. The molecule has 0 unspecified atom stereocenters. The number of aromatic nitrogens is 2. The van der Waals surface area contributed by atoms with Gasteiger partial charge in [0.1, 0.15) is 5.60 Å². The number of carboxylic acid groups (broad SMARTS) is 1. The highest BCUT2D eigenvalue weighted by Crippen LogP contribution is 2.38. The van der Waals surface area contributed by atoms with Crippen molar-refractivity contribution in [1.82, 2.24) is 14.9 Å². The average molecular weight is 549 g/mol. The minimum absolute atomic E-state index is 0.223. The molecule has 9 nitrogen and oxygen atoms in total. The van der Waals surface area contributed by atoms with Crippen LogP contribution in [0.2, 0.25) is 0 Å². The maximum absolute atomic E-state index is 12.8. The van der Waals surface area contributed by atoms with Crippen molar-refractivity contribution in [1.29, 1.82) is 0 Å². The molecule has 0 saturated carbocycles. The first-order valence-corrected chi connectivity index (χ1v) is 13.8. The first-order valence-electron chi connectivity index (χ1n) is 12.9. The predicted octanol–water partition coefficient (Wildman–Crippen LogP) is 6.06. The SMILES string of the molecule is Cc1[nH]c(/C=C2\C(=O)Nc3ccc(-c4csc(C5CCN(C(=O)OC(C)(C)C)CC5)n4)cc32)c(C)c1C(=O)O. The number of benzene rings is 1. The standard InChI is InChI=1S/C29H32N4O5S/c1-15-22(30-16(2)24(15)27(35)36)13-20-19-12-18(6-7-21(19)31-25(20)34)23-14-39-26(32-23)17-8-10-33(11-9-17)28(37)38-29(3,4)5/h6-7,12-14,17,30H,8-11H2,1-5H3,(H,31,34)(H,35,36)/b20-13-. The summed E-state index contributed by atoms with van der Waals surface area (Å²) in [5, 5.41) is 15.5. The first kappa shape index (κ1) is 26.7. The molecule has 2 aliphatic rings. The molecular formula is C29H32N4O5S. The number of aryl methyl sites for hydroxylation is 1. The highest BCUT2D eigenvalue weighted by atomic mass is 32.1. The van der Waals surface area contributed by atoms with Gasteiger partial charge in [-0.1, -0.05) is 6.07 Å². The number of fused-ring (bicyclic) bond motifs is 1. The molecule has 204 valence electrons. The van der Waals surface area contributed by atoms with E-state index in [4.69, 9.17) is 9.72 Å². The molecule has 1 fully saturated rings. The van der Waals surface area contributed by atoms with Gasteiger partial charge in [0, 0.05) is 52.6 Å². The van der Waals surface area contributed by atoms with Crippen LogP contribution in [-0.4, -0.2) is 56.6 Å². The minimum Gasteiger partial charge on any atom is -0.478 e. The van der Waals surface area contributed by atoms with Gasteiger partial charge in [-0.05, 0) is 71.2 Å². The molecule has 3 aromatic rings. The van der Waals surface area contributed by atoms with Crippen molar-refractivity contribution in [2.45, 2.75) is 59.0 Å². The summed E-state index contributed by atoms with van der Waals surface area (Å²) in [6, 6.07) is 5.77. The third-order valence-electron chi connectivity index (χ3n) is 7.09. The van der Waals surface area contributed by atoms with Gasteiger partial charge in [-0.2, -0.15) is 0 Å². The Hall–Kier alpha value is -3.92. The number of rotatable bonds is 4. The van der Waals surface area contributed by atoms with Crippen LogP contribution in [0.1, 0.15) is 77.4 Å². The van der Waals surface area contributed by atoms with E-state index in [1.807, 2.05) is 44.4 Å². The number of piperidine rings is 1. The Bertz CT molecular complexity index is 1500. The Balaban J connectivity index is 1.35. The quantitative estimate of drug-likeness (QED) is 0.340. The van der Waals surface area contributed by atoms with Crippen LogP contribution in [0.15, 0.2) is 23.6 Å². The van der Waals surface area contributed by atoms with Crippen molar-refractivity contribution >= 4 is 46.6 Å². The van der Waals surface area contributed by atoms with Gasteiger partial charge in [0.2, 0.25) is 0 Å². The summed E-state index contributed by atoms with van der Waals surface area (Å²) in [5.41, 5.74) is 5.12. The molecule has 0 spiro atoms. The zero-order chi connectivity index (χ0) is 28.1. The lowest BCUT2D eigenvalue weighted by Gasteiger charge is -2.32. The second-order valence-corrected chi connectivity index (χ2v) is 11.9. The third kappa shape index (κ3) is 5.34. The van der Waals surface area contributed by atoms with E-state index in [1.54, 1.807) is 36.2 Å². The van der Waals surface area contributed by atoms with Crippen LogP contribution in [-0.2, 0) is 9.53 Å². The summed E-state index contributed by atoms with van der Waals surface area (Å²) < 4.78 is 5.51. The minimum atomic E-state index is -1.00. The Morgan fingerprint density at radius 3 is 2.56 bits per heavy atom. The normalized spacial score (nSPS) is 16.9. The smallest absolute Gasteiger partial charge is 0.410 e. The van der Waals surface area contributed by atoms with E-state index in [0.717, 1.165) is 34.7 Å². The summed E-state index contributed by atoms with van der Waals surface area (Å²) in [6.45, 7) is 10.3. The Labute approximate surface area is 230 Å². The number of aromatic carboxylic acids is 1. The molecule has 10 heteroatoms. The highest BCUT2D eigenvalue weighted by molar-refractivity contribution is 7.10. The topological polar surface area (TPSA) is 125 Å². The van der Waals surface area contributed by atoms with Crippen molar-refractivity contribution in [2.24, 2.45) is 0 Å². The van der Waals surface area contributed by atoms with Gasteiger partial charge in [-0.3, -0.25) is 4.79 Å². The summed E-state index contributed by atoms with van der Waals surface area (Å²) in [4.78, 5) is 46.6. The lowest BCUT2D eigenvalue weighted by molar-refractivity contribution is -0.110. The van der Waals surface area contributed by atoms with E-state index in [0.29, 0.717) is 41.3 Å². The molecule has 1 saturated heterocycles. The van der Waals surface area contributed by atoms with Gasteiger partial charge < -0.3 is 25.0 Å². The van der Waals surface area contributed by atoms with Crippen molar-refractivity contribution in [3.63, 3.8) is 0 Å². The van der Waals surface area contributed by atoms with Gasteiger partial charge in [-0.15, -0.1) is 11.3 Å². The maximum Gasteiger partial charge on any atom is 0.410 e. The number of thiazole rings is 1. The highest BCUT2D eigenvalue weighted by Gasteiger charge is 2.30. The monoisotopic (exact) mass is 548 g/mol. The van der Waals surface area contributed by atoms with Crippen LogP contribution in [0.3, 0.4) is 0 Å². The van der Waals surface area contributed by atoms with Crippen LogP contribution in [0.4, 0.5) is 10.5 Å². The molecule has 1 aromatic carbocycles. The fourth-order valence-corrected chi connectivity index (χ4v) is 6.12. The van der Waals surface area contributed by atoms with Crippen LogP contribution in [0, 0.1) is 13.8 Å². The lowest BCUT2D eigenvalue weighted by atomic mass is 9.97. The molecule has 5 rings (SSSR count). The fourth-order valence-electron chi connectivity index (χ4n) is 5.12. The number of likely N-dealkylation sites (tertiary alicyclic amines) is 1. The number of nitrogens with one attached hydrogen (secondary N) is 2. The van der Waals surface area contributed by atoms with E-state index < -0.39 is 11.6 Å². The van der Waals surface area contributed by atoms with Crippen molar-refractivity contribution in [3.8, 4) is 11.3 Å². The van der Waals surface area contributed by atoms with E-state index >= 15 is 0 Å². The molecule has 2 amide bonds.